The number of hydrogen-bond acceptors (Lipinski definition) is 5. The summed E-state index contributed by atoms with van der Waals surface area (Å²) in [5.41, 5.74) is 2.42. The minimum atomic E-state index is -0.826. The van der Waals surface area contributed by atoms with Gasteiger partial charge < -0.3 is 5.11 Å². The molecule has 2 N–H and O–H groups in total. The zero-order valence-corrected chi connectivity index (χ0v) is 10.1. The summed E-state index contributed by atoms with van der Waals surface area (Å²) in [6.07, 6.45) is 1.90. The van der Waals surface area contributed by atoms with Crippen molar-refractivity contribution in [3.8, 4) is 11.6 Å². The maximum Gasteiger partial charge on any atom is 0.303 e. The van der Waals surface area contributed by atoms with Gasteiger partial charge in [-0.25, -0.2) is 15.0 Å². The van der Waals surface area contributed by atoms with Crippen LogP contribution in [0.25, 0.3) is 11.6 Å². The van der Waals surface area contributed by atoms with Crippen molar-refractivity contribution in [2.24, 2.45) is 0 Å². The van der Waals surface area contributed by atoms with Gasteiger partial charge in [0.1, 0.15) is 6.33 Å². The van der Waals surface area contributed by atoms with Gasteiger partial charge >= 0.3 is 5.97 Å². The third-order valence-corrected chi connectivity index (χ3v) is 2.64. The number of H-pyrrole nitrogens is 1. The van der Waals surface area contributed by atoms with E-state index in [4.69, 9.17) is 5.11 Å². The summed E-state index contributed by atoms with van der Waals surface area (Å²) in [6.45, 7) is 3.68. The van der Waals surface area contributed by atoms with E-state index in [0.29, 0.717) is 18.1 Å². The second-order valence-corrected chi connectivity index (χ2v) is 3.92. The van der Waals surface area contributed by atoms with E-state index in [9.17, 15) is 4.79 Å². The summed E-state index contributed by atoms with van der Waals surface area (Å²) < 4.78 is 0. The van der Waals surface area contributed by atoms with E-state index >= 15 is 0 Å². The summed E-state index contributed by atoms with van der Waals surface area (Å²) in [5, 5.41) is 15.1. The highest BCUT2D eigenvalue weighted by Gasteiger charge is 2.12. The Morgan fingerprint density at radius 2 is 2.00 bits per heavy atom. The van der Waals surface area contributed by atoms with Crippen molar-refractivity contribution in [3.05, 3.63) is 23.3 Å². The second kappa shape index (κ2) is 4.91. The van der Waals surface area contributed by atoms with Gasteiger partial charge in [-0.2, -0.15) is 5.10 Å². The molecule has 0 bridgehead atoms. The van der Waals surface area contributed by atoms with Crippen LogP contribution in [-0.2, 0) is 11.2 Å². The van der Waals surface area contributed by atoms with E-state index in [1.54, 1.807) is 0 Å². The van der Waals surface area contributed by atoms with Crippen LogP contribution in [0.2, 0.25) is 0 Å². The van der Waals surface area contributed by atoms with E-state index in [1.165, 1.54) is 6.33 Å². The standard InChI is InChI=1S/C11H13N5O2/c1-6-8(3-4-9(17)18)7(2)15-11(14-6)10-12-5-13-16-10/h5H,3-4H2,1-2H3,(H,17,18)(H,12,13,16). The van der Waals surface area contributed by atoms with E-state index in [-0.39, 0.29) is 6.42 Å². The number of aryl methyl sites for hydroxylation is 2. The number of nitrogens with one attached hydrogen (secondary N) is 1. The van der Waals surface area contributed by atoms with Crippen LogP contribution in [0.1, 0.15) is 23.4 Å². The molecule has 0 atom stereocenters. The van der Waals surface area contributed by atoms with Gasteiger partial charge in [-0.1, -0.05) is 0 Å². The van der Waals surface area contributed by atoms with Gasteiger partial charge in [-0.05, 0) is 25.8 Å². The van der Waals surface area contributed by atoms with Gasteiger partial charge in [0, 0.05) is 17.8 Å². The van der Waals surface area contributed by atoms with Crippen LogP contribution in [0, 0.1) is 13.8 Å². The number of aromatic nitrogens is 5. The van der Waals surface area contributed by atoms with Crippen molar-refractivity contribution >= 4 is 5.97 Å². The molecule has 2 aromatic heterocycles. The lowest BCUT2D eigenvalue weighted by molar-refractivity contribution is -0.136. The monoisotopic (exact) mass is 247 g/mol. The summed E-state index contributed by atoms with van der Waals surface area (Å²) in [4.78, 5) is 23.2. The lowest BCUT2D eigenvalue weighted by Crippen LogP contribution is -2.06. The van der Waals surface area contributed by atoms with Crippen LogP contribution >= 0.6 is 0 Å². The molecule has 2 aromatic rings. The molecule has 94 valence electrons. The van der Waals surface area contributed by atoms with Crippen molar-refractivity contribution in [2.75, 3.05) is 0 Å². The van der Waals surface area contributed by atoms with Gasteiger partial charge in [0.25, 0.3) is 0 Å². The first-order chi connectivity index (χ1) is 8.58. The number of carbonyl (C=O) groups is 1. The van der Waals surface area contributed by atoms with Crippen LogP contribution in [0.15, 0.2) is 6.33 Å². The first-order valence-electron chi connectivity index (χ1n) is 5.49. The smallest absolute Gasteiger partial charge is 0.303 e. The Labute approximate surface area is 103 Å². The first kappa shape index (κ1) is 12.2. The van der Waals surface area contributed by atoms with E-state index in [2.05, 4.69) is 25.1 Å². The topological polar surface area (TPSA) is 105 Å². The van der Waals surface area contributed by atoms with Gasteiger partial charge in [0.05, 0.1) is 0 Å². The van der Waals surface area contributed by atoms with Gasteiger partial charge in [0.15, 0.2) is 11.6 Å². The lowest BCUT2D eigenvalue weighted by Gasteiger charge is -2.08. The third-order valence-electron chi connectivity index (χ3n) is 2.64. The zero-order chi connectivity index (χ0) is 13.1. The maximum atomic E-state index is 10.6. The Morgan fingerprint density at radius 1 is 1.33 bits per heavy atom. The highest BCUT2D eigenvalue weighted by Crippen LogP contribution is 2.16. The highest BCUT2D eigenvalue weighted by molar-refractivity contribution is 5.67. The molecular weight excluding hydrogens is 234 g/mol. The molecule has 0 spiro atoms. The second-order valence-electron chi connectivity index (χ2n) is 3.92. The summed E-state index contributed by atoms with van der Waals surface area (Å²) in [5.74, 6) is 0.153. The van der Waals surface area contributed by atoms with Crippen LogP contribution in [0.4, 0.5) is 0 Å². The Hall–Kier alpha value is -2.31. The number of nitrogens with zero attached hydrogens (tertiary/aromatic N) is 4. The van der Waals surface area contributed by atoms with Crippen molar-refractivity contribution in [1.82, 2.24) is 25.1 Å². The predicted molar refractivity (Wildman–Crippen MR) is 62.8 cm³/mol. The fourth-order valence-electron chi connectivity index (χ4n) is 1.75. The first-order valence-corrected chi connectivity index (χ1v) is 5.49. The molecule has 0 unspecified atom stereocenters. The Bertz CT molecular complexity index is 542. The Kier molecular flexibility index (Phi) is 3.31. The number of rotatable bonds is 4. The largest absolute Gasteiger partial charge is 0.481 e. The molecule has 0 aromatic carbocycles. The molecule has 0 fully saturated rings. The minimum absolute atomic E-state index is 0.0761. The lowest BCUT2D eigenvalue weighted by atomic mass is 10.1. The normalized spacial score (nSPS) is 10.6. The molecule has 0 aliphatic heterocycles. The predicted octanol–water partition coefficient (Wildman–Crippen LogP) is 0.896. The van der Waals surface area contributed by atoms with Crippen molar-refractivity contribution in [3.63, 3.8) is 0 Å². The molecule has 0 radical (unpaired) electrons. The zero-order valence-electron chi connectivity index (χ0n) is 10.1. The molecule has 7 nitrogen and oxygen atoms in total. The summed E-state index contributed by atoms with van der Waals surface area (Å²) >= 11 is 0. The summed E-state index contributed by atoms with van der Waals surface area (Å²) in [6, 6.07) is 0. The molecule has 2 rings (SSSR count). The van der Waals surface area contributed by atoms with E-state index < -0.39 is 5.97 Å². The molecule has 0 aliphatic carbocycles. The molecule has 0 aliphatic rings. The van der Waals surface area contributed by atoms with E-state index in [1.807, 2.05) is 13.8 Å². The summed E-state index contributed by atoms with van der Waals surface area (Å²) in [7, 11) is 0. The van der Waals surface area contributed by atoms with Crippen LogP contribution in [0.3, 0.4) is 0 Å². The maximum absolute atomic E-state index is 10.6. The molecule has 0 amide bonds. The molecule has 2 heterocycles. The van der Waals surface area contributed by atoms with Gasteiger partial charge in [-0.3, -0.25) is 9.89 Å². The number of carboxylic acids is 1. The van der Waals surface area contributed by atoms with Crippen LogP contribution in [0.5, 0.6) is 0 Å². The Balaban J connectivity index is 2.32. The number of aromatic amines is 1. The third kappa shape index (κ3) is 2.50. The molecule has 18 heavy (non-hydrogen) atoms. The highest BCUT2D eigenvalue weighted by atomic mass is 16.4. The molecular formula is C11H13N5O2. The Morgan fingerprint density at radius 3 is 2.50 bits per heavy atom. The molecule has 0 saturated heterocycles. The fraction of sp³-hybridized carbons (Fsp3) is 0.364. The number of aliphatic carboxylic acids is 1. The van der Waals surface area contributed by atoms with E-state index in [0.717, 1.165) is 17.0 Å². The molecule has 0 saturated carbocycles. The quantitative estimate of drug-likeness (QED) is 0.831. The van der Waals surface area contributed by atoms with Crippen molar-refractivity contribution in [1.29, 1.82) is 0 Å². The van der Waals surface area contributed by atoms with Gasteiger partial charge in [0.2, 0.25) is 0 Å². The average molecular weight is 247 g/mol. The minimum Gasteiger partial charge on any atom is -0.481 e. The number of hydrogen-bond donors (Lipinski definition) is 2. The van der Waals surface area contributed by atoms with Gasteiger partial charge in [-0.15, -0.1) is 0 Å². The number of carboxylic acid groups (broad SMARTS) is 1. The fourth-order valence-corrected chi connectivity index (χ4v) is 1.75. The van der Waals surface area contributed by atoms with Crippen LogP contribution in [-0.4, -0.2) is 36.2 Å². The van der Waals surface area contributed by atoms with Crippen molar-refractivity contribution < 1.29 is 9.90 Å². The van der Waals surface area contributed by atoms with Crippen molar-refractivity contribution in [2.45, 2.75) is 26.7 Å². The average Bonchev–Trinajstić information content (AvgIpc) is 2.80. The SMILES string of the molecule is Cc1nc(-c2ncn[nH]2)nc(C)c1CCC(=O)O. The van der Waals surface area contributed by atoms with Crippen LogP contribution < -0.4 is 0 Å². The molecule has 7 heteroatoms.